The van der Waals surface area contributed by atoms with E-state index in [0.717, 1.165) is 0 Å². The van der Waals surface area contributed by atoms with Crippen molar-refractivity contribution in [2.75, 3.05) is 40.4 Å². The van der Waals surface area contributed by atoms with Gasteiger partial charge < -0.3 is 35.1 Å². The summed E-state index contributed by atoms with van der Waals surface area (Å²) in [5, 5.41) is 13.2. The zero-order valence-corrected chi connectivity index (χ0v) is 19.2. The van der Waals surface area contributed by atoms with Gasteiger partial charge in [0.1, 0.15) is 29.0 Å². The van der Waals surface area contributed by atoms with Gasteiger partial charge >= 0.3 is 0 Å². The number of rotatable bonds is 11. The Balaban J connectivity index is 2.22. The second-order valence-corrected chi connectivity index (χ2v) is 7.91. The largest absolute Gasteiger partial charge is 0.496 e. The van der Waals surface area contributed by atoms with Crippen molar-refractivity contribution < 1.29 is 33.1 Å². The highest BCUT2D eigenvalue weighted by Gasteiger charge is 2.15. The fourth-order valence-electron chi connectivity index (χ4n) is 2.80. The van der Waals surface area contributed by atoms with Crippen LogP contribution in [0.5, 0.6) is 23.0 Å². The number of ether oxygens (including phenoxy) is 4. The zero-order chi connectivity index (χ0) is 23.7. The van der Waals surface area contributed by atoms with E-state index in [9.17, 15) is 9.00 Å². The summed E-state index contributed by atoms with van der Waals surface area (Å²) in [6.07, 6.45) is 1.67. The molecule has 174 valence electrons. The van der Waals surface area contributed by atoms with Gasteiger partial charge in [-0.3, -0.25) is 9.00 Å². The second kappa shape index (κ2) is 12.1. The molecule has 2 aromatic carbocycles. The zero-order valence-electron chi connectivity index (χ0n) is 18.4. The van der Waals surface area contributed by atoms with Crippen molar-refractivity contribution in [3.05, 3.63) is 46.9 Å². The van der Waals surface area contributed by atoms with Gasteiger partial charge in [-0.05, 0) is 23.8 Å². The van der Waals surface area contributed by atoms with Crippen LogP contribution in [-0.4, -0.2) is 56.3 Å². The number of amides is 1. The lowest BCUT2D eigenvalue weighted by atomic mass is 10.1. The van der Waals surface area contributed by atoms with Gasteiger partial charge in [0.2, 0.25) is 5.91 Å². The van der Waals surface area contributed by atoms with Gasteiger partial charge in [-0.15, -0.1) is 0 Å². The Morgan fingerprint density at radius 1 is 1.06 bits per heavy atom. The van der Waals surface area contributed by atoms with Crippen molar-refractivity contribution in [3.8, 4) is 23.0 Å². The fraction of sp³-hybridized carbons (Fsp3) is 0.318. The minimum atomic E-state index is -1.38. The number of carbonyl (C=O) groups excluding carboxylic acids is 1. The topological polar surface area (TPSA) is 129 Å². The Bertz CT molecular complexity index is 969. The van der Waals surface area contributed by atoms with Crippen molar-refractivity contribution >= 4 is 28.5 Å². The monoisotopic (exact) mass is 464 g/mol. The highest BCUT2D eigenvalue weighted by molar-refractivity contribution is 7.87. The van der Waals surface area contributed by atoms with E-state index in [0.29, 0.717) is 39.8 Å². The molecule has 0 heterocycles. The van der Waals surface area contributed by atoms with Crippen molar-refractivity contribution in [2.45, 2.75) is 11.8 Å². The molecule has 1 amide bonds. The first kappa shape index (κ1) is 25.2. The van der Waals surface area contributed by atoms with Crippen molar-refractivity contribution in [1.29, 1.82) is 0 Å². The van der Waals surface area contributed by atoms with Gasteiger partial charge in [0.15, 0.2) is 0 Å². The van der Waals surface area contributed by atoms with Crippen molar-refractivity contribution in [1.82, 2.24) is 0 Å². The van der Waals surface area contributed by atoms with E-state index in [1.54, 1.807) is 43.5 Å². The quantitative estimate of drug-likeness (QED) is 0.460. The van der Waals surface area contributed by atoms with Crippen molar-refractivity contribution in [2.24, 2.45) is 5.73 Å². The van der Waals surface area contributed by atoms with Crippen LogP contribution in [0.3, 0.4) is 0 Å². The molecular weight excluding hydrogens is 436 g/mol. The maximum atomic E-state index is 12.7. The van der Waals surface area contributed by atoms with Gasteiger partial charge in [0.25, 0.3) is 0 Å². The second-order valence-electron chi connectivity index (χ2n) is 6.59. The van der Waals surface area contributed by atoms with E-state index in [1.165, 1.54) is 26.7 Å². The number of nitrogens with one attached hydrogen (secondary N) is 1. The van der Waals surface area contributed by atoms with Crippen LogP contribution < -0.4 is 30.0 Å². The van der Waals surface area contributed by atoms with E-state index in [4.69, 9.17) is 29.8 Å². The van der Waals surface area contributed by atoms with Crippen LogP contribution in [0, 0.1) is 0 Å². The molecule has 0 aromatic heterocycles. The van der Waals surface area contributed by atoms with Crippen LogP contribution in [0.1, 0.15) is 11.1 Å². The highest BCUT2D eigenvalue weighted by Crippen LogP contribution is 2.35. The summed E-state index contributed by atoms with van der Waals surface area (Å²) < 4.78 is 34.0. The van der Waals surface area contributed by atoms with Crippen LogP contribution >= 0.6 is 0 Å². The van der Waals surface area contributed by atoms with Gasteiger partial charge in [-0.25, -0.2) is 0 Å². The number of hydrogen-bond acceptors (Lipinski definition) is 8. The molecule has 0 saturated carbocycles. The molecule has 0 aliphatic carbocycles. The summed E-state index contributed by atoms with van der Waals surface area (Å²) in [7, 11) is 4.68. The molecule has 0 bridgehead atoms. The Morgan fingerprint density at radius 3 is 2.22 bits per heavy atom. The van der Waals surface area contributed by atoms with Crippen LogP contribution in [0.25, 0.3) is 6.08 Å². The Hall–Kier alpha value is -3.08. The lowest BCUT2D eigenvalue weighted by Crippen LogP contribution is -2.38. The molecule has 10 heteroatoms. The first-order valence-electron chi connectivity index (χ1n) is 9.56. The number of hydrogen-bond donors (Lipinski definition) is 3. The number of aliphatic hydroxyl groups is 1. The van der Waals surface area contributed by atoms with Crippen LogP contribution in [-0.2, 0) is 21.3 Å². The molecule has 2 aromatic rings. The molecule has 1 unspecified atom stereocenters. The summed E-state index contributed by atoms with van der Waals surface area (Å²) in [6, 6.07) is 7.42. The van der Waals surface area contributed by atoms with Gasteiger partial charge in [0.05, 0.1) is 62.8 Å². The average Bonchev–Trinajstić information content (AvgIpc) is 2.81. The lowest BCUT2D eigenvalue weighted by molar-refractivity contribution is -0.118. The Labute approximate surface area is 189 Å². The summed E-state index contributed by atoms with van der Waals surface area (Å²) in [5.41, 5.74) is 7.25. The Morgan fingerprint density at radius 2 is 1.69 bits per heavy atom. The molecule has 0 saturated heterocycles. The lowest BCUT2D eigenvalue weighted by Gasteiger charge is -2.14. The fourth-order valence-corrected chi connectivity index (χ4v) is 3.70. The normalized spacial score (nSPS) is 12.8. The maximum absolute atomic E-state index is 12.7. The third-order valence-electron chi connectivity index (χ3n) is 4.50. The molecular formula is C22H28N2O7S. The molecule has 2 rings (SSSR count). The molecule has 0 aliphatic heterocycles. The number of benzene rings is 2. The predicted octanol–water partition coefficient (Wildman–Crippen LogP) is 1.90. The van der Waals surface area contributed by atoms with Crippen molar-refractivity contribution in [3.63, 3.8) is 0 Å². The minimum Gasteiger partial charge on any atom is -0.496 e. The standard InChI is InChI=1S/C22H28N2O7S/c1-28-15-10-20(30-3)16(21(11-15)31-4)7-8-32(27)13-14-5-6-19(29-2)18(9-14)24-22(26)17(23)12-25/h5-11,17,25H,12-13,23H2,1-4H3,(H,24,26)/t17-,32?/m1/s1. The van der Waals surface area contributed by atoms with E-state index < -0.39 is 29.4 Å². The van der Waals surface area contributed by atoms with Crippen LogP contribution in [0.15, 0.2) is 35.7 Å². The molecule has 0 radical (unpaired) electrons. The minimum absolute atomic E-state index is 0.191. The van der Waals surface area contributed by atoms with Crippen LogP contribution in [0.2, 0.25) is 0 Å². The number of carbonyl (C=O) groups is 1. The van der Waals surface area contributed by atoms with E-state index >= 15 is 0 Å². The first-order valence-corrected chi connectivity index (χ1v) is 10.9. The third kappa shape index (κ3) is 6.46. The average molecular weight is 465 g/mol. The molecule has 0 aliphatic rings. The summed E-state index contributed by atoms with van der Waals surface area (Å²) >= 11 is 0. The molecule has 0 fully saturated rings. The Kier molecular flexibility index (Phi) is 9.51. The molecule has 9 nitrogen and oxygen atoms in total. The summed E-state index contributed by atoms with van der Waals surface area (Å²) in [4.78, 5) is 12.0. The van der Waals surface area contributed by atoms with E-state index in [-0.39, 0.29) is 5.75 Å². The van der Waals surface area contributed by atoms with Gasteiger partial charge in [0, 0.05) is 17.5 Å². The maximum Gasteiger partial charge on any atom is 0.243 e. The van der Waals surface area contributed by atoms with E-state index in [2.05, 4.69) is 5.32 Å². The van der Waals surface area contributed by atoms with E-state index in [1.807, 2.05) is 0 Å². The number of nitrogens with two attached hydrogens (primary N) is 1. The molecule has 0 spiro atoms. The smallest absolute Gasteiger partial charge is 0.243 e. The van der Waals surface area contributed by atoms with Gasteiger partial charge in [-0.1, -0.05) is 6.07 Å². The first-order chi connectivity index (χ1) is 15.4. The number of aliphatic hydroxyl groups excluding tert-OH is 1. The summed E-state index contributed by atoms with van der Waals surface area (Å²) in [5.74, 6) is 1.67. The molecule has 4 N–H and O–H groups in total. The molecule has 2 atom stereocenters. The number of anilines is 1. The summed E-state index contributed by atoms with van der Waals surface area (Å²) in [6.45, 7) is -0.485. The predicted molar refractivity (Wildman–Crippen MR) is 124 cm³/mol. The number of methoxy groups -OCH3 is 4. The van der Waals surface area contributed by atoms with Crippen LogP contribution in [0.4, 0.5) is 5.69 Å². The third-order valence-corrected chi connectivity index (χ3v) is 5.56. The molecule has 32 heavy (non-hydrogen) atoms. The highest BCUT2D eigenvalue weighted by atomic mass is 32.2. The SMILES string of the molecule is COc1cc(OC)c(C=CS(=O)Cc2ccc(OC)c(NC(=O)[C@H](N)CO)c2)c(OC)c1. The van der Waals surface area contributed by atoms with Gasteiger partial charge in [-0.2, -0.15) is 0 Å².